The fraction of sp³-hybridized carbons (Fsp3) is 0.161. The van der Waals surface area contributed by atoms with E-state index in [4.69, 9.17) is 0 Å². The lowest BCUT2D eigenvalue weighted by Crippen LogP contribution is -2.10. The molecule has 3 nitrogen and oxygen atoms in total. The molecule has 0 aliphatic rings. The second-order valence-electron chi connectivity index (χ2n) is 9.29. The highest BCUT2D eigenvalue weighted by atomic mass is 15.3. The van der Waals surface area contributed by atoms with Crippen LogP contribution in [-0.2, 0) is 5.41 Å². The first-order valence-electron chi connectivity index (χ1n) is 11.3. The van der Waals surface area contributed by atoms with E-state index in [1.165, 1.54) is 16.7 Å². The lowest BCUT2D eigenvalue weighted by Gasteiger charge is -2.19. The Balaban J connectivity index is 0.00000274. The van der Waals surface area contributed by atoms with E-state index in [-0.39, 0.29) is 12.8 Å². The first-order chi connectivity index (χ1) is 16.0. The Labute approximate surface area is 202 Å². The molecule has 0 atom stereocenters. The van der Waals surface area contributed by atoms with E-state index < -0.39 is 0 Å². The minimum Gasteiger partial charge on any atom is -0.275 e. The summed E-state index contributed by atoms with van der Waals surface area (Å²) in [6.07, 6.45) is 0. The third-order valence-electron chi connectivity index (χ3n) is 5.94. The number of nitrogens with zero attached hydrogens (tertiary/aromatic N) is 3. The summed E-state index contributed by atoms with van der Waals surface area (Å²) in [6, 6.07) is 37.9. The Bertz CT molecular complexity index is 1340. The summed E-state index contributed by atoms with van der Waals surface area (Å²) in [7, 11) is 0. The van der Waals surface area contributed by atoms with E-state index in [0.29, 0.717) is 0 Å². The second-order valence-corrected chi connectivity index (χ2v) is 9.29. The lowest BCUT2D eigenvalue weighted by molar-refractivity contribution is 0.590. The van der Waals surface area contributed by atoms with E-state index in [9.17, 15) is 0 Å². The van der Waals surface area contributed by atoms with E-state index >= 15 is 0 Å². The Morgan fingerprint density at radius 1 is 0.500 bits per heavy atom. The van der Waals surface area contributed by atoms with Gasteiger partial charge in [-0.2, -0.15) is 0 Å². The molecular formula is C31H31N3. The van der Waals surface area contributed by atoms with E-state index in [1.54, 1.807) is 0 Å². The van der Waals surface area contributed by atoms with Crippen molar-refractivity contribution in [2.45, 2.75) is 33.6 Å². The zero-order chi connectivity index (χ0) is 22.8. The van der Waals surface area contributed by atoms with Crippen LogP contribution >= 0.6 is 0 Å². The van der Waals surface area contributed by atoms with Gasteiger partial charge in [0.2, 0.25) is 0 Å². The molecule has 170 valence electrons. The van der Waals surface area contributed by atoms with Crippen molar-refractivity contribution in [1.82, 2.24) is 14.8 Å². The van der Waals surface area contributed by atoms with Gasteiger partial charge in [0, 0.05) is 16.8 Å². The van der Waals surface area contributed by atoms with Crippen molar-refractivity contribution in [3.63, 3.8) is 0 Å². The number of hydrogen-bond acceptors (Lipinski definition) is 2. The van der Waals surface area contributed by atoms with E-state index in [2.05, 4.69) is 120 Å². The molecule has 4 aromatic carbocycles. The fourth-order valence-electron chi connectivity index (χ4n) is 4.04. The molecule has 5 aromatic rings. The van der Waals surface area contributed by atoms with Crippen LogP contribution in [0.15, 0.2) is 109 Å². The zero-order valence-electron chi connectivity index (χ0n) is 19.2. The summed E-state index contributed by atoms with van der Waals surface area (Å²) in [5, 5.41) is 9.25. The highest BCUT2D eigenvalue weighted by molar-refractivity contribution is 5.71. The van der Waals surface area contributed by atoms with Crippen molar-refractivity contribution in [1.29, 1.82) is 0 Å². The summed E-state index contributed by atoms with van der Waals surface area (Å²) in [5.41, 5.74) is 6.91. The van der Waals surface area contributed by atoms with Gasteiger partial charge in [-0.15, -0.1) is 10.2 Å². The van der Waals surface area contributed by atoms with Crippen molar-refractivity contribution in [3.8, 4) is 39.6 Å². The summed E-state index contributed by atoms with van der Waals surface area (Å²) >= 11 is 0. The first-order valence-corrected chi connectivity index (χ1v) is 11.3. The Morgan fingerprint density at radius 3 is 1.41 bits per heavy atom. The van der Waals surface area contributed by atoms with Gasteiger partial charge in [-0.05, 0) is 34.2 Å². The molecule has 34 heavy (non-hydrogen) atoms. The van der Waals surface area contributed by atoms with Crippen LogP contribution in [0.5, 0.6) is 0 Å². The molecule has 5 rings (SSSR count). The van der Waals surface area contributed by atoms with Crippen molar-refractivity contribution in [2.24, 2.45) is 0 Å². The average Bonchev–Trinajstić information content (AvgIpc) is 3.30. The van der Waals surface area contributed by atoms with Crippen LogP contribution in [-0.4, -0.2) is 14.8 Å². The highest BCUT2D eigenvalue weighted by Gasteiger charge is 2.19. The fourth-order valence-corrected chi connectivity index (χ4v) is 4.04. The standard InChI is InChI=1S/C30H27N3.CH4/c1-30(2,3)26-20-18-25(19-21-26)29-32-31-28(33(29)27-12-8-5-9-13-27)24-16-14-23(15-17-24)22-10-6-4-7-11-22;/h4-21H,1-3H3;1H4. The summed E-state index contributed by atoms with van der Waals surface area (Å²) in [5.74, 6) is 1.67. The van der Waals surface area contributed by atoms with Gasteiger partial charge in [0.1, 0.15) is 0 Å². The predicted molar refractivity (Wildman–Crippen MR) is 143 cm³/mol. The van der Waals surface area contributed by atoms with Gasteiger partial charge in [-0.25, -0.2) is 0 Å². The third kappa shape index (κ3) is 4.55. The Morgan fingerprint density at radius 2 is 0.912 bits per heavy atom. The Hall–Kier alpha value is -3.98. The summed E-state index contributed by atoms with van der Waals surface area (Å²) in [6.45, 7) is 6.68. The molecule has 1 aromatic heterocycles. The maximum absolute atomic E-state index is 4.63. The van der Waals surface area contributed by atoms with Crippen molar-refractivity contribution < 1.29 is 0 Å². The largest absolute Gasteiger partial charge is 0.275 e. The molecule has 0 spiro atoms. The van der Waals surface area contributed by atoms with Crippen LogP contribution in [0.1, 0.15) is 33.8 Å². The van der Waals surface area contributed by atoms with Crippen molar-refractivity contribution >= 4 is 0 Å². The van der Waals surface area contributed by atoms with Crippen molar-refractivity contribution in [2.75, 3.05) is 0 Å². The third-order valence-corrected chi connectivity index (χ3v) is 5.94. The van der Waals surface area contributed by atoms with Gasteiger partial charge < -0.3 is 0 Å². The van der Waals surface area contributed by atoms with E-state index in [1.807, 2.05) is 24.3 Å². The maximum Gasteiger partial charge on any atom is 0.168 e. The second kappa shape index (κ2) is 9.48. The first kappa shape index (κ1) is 23.2. The molecule has 0 aliphatic carbocycles. The lowest BCUT2D eigenvalue weighted by atomic mass is 9.86. The normalized spacial score (nSPS) is 11.1. The minimum atomic E-state index is 0. The number of para-hydroxylation sites is 1. The van der Waals surface area contributed by atoms with Gasteiger partial charge in [0.15, 0.2) is 11.6 Å². The monoisotopic (exact) mass is 445 g/mol. The number of aromatic nitrogens is 3. The van der Waals surface area contributed by atoms with Crippen LogP contribution in [0, 0.1) is 0 Å². The van der Waals surface area contributed by atoms with Gasteiger partial charge in [-0.3, -0.25) is 4.57 Å². The molecule has 1 heterocycles. The van der Waals surface area contributed by atoms with E-state index in [0.717, 1.165) is 28.5 Å². The smallest absolute Gasteiger partial charge is 0.168 e. The quantitative estimate of drug-likeness (QED) is 0.279. The zero-order valence-corrected chi connectivity index (χ0v) is 19.2. The van der Waals surface area contributed by atoms with Gasteiger partial charge >= 0.3 is 0 Å². The van der Waals surface area contributed by atoms with Gasteiger partial charge in [0.25, 0.3) is 0 Å². The summed E-state index contributed by atoms with van der Waals surface area (Å²) in [4.78, 5) is 0. The molecule has 0 fully saturated rings. The van der Waals surface area contributed by atoms with Crippen LogP contribution in [0.25, 0.3) is 39.6 Å². The van der Waals surface area contributed by atoms with Crippen LogP contribution in [0.2, 0.25) is 0 Å². The predicted octanol–water partition coefficient (Wildman–Crippen LogP) is 8.20. The van der Waals surface area contributed by atoms with Crippen LogP contribution < -0.4 is 0 Å². The minimum absolute atomic E-state index is 0. The van der Waals surface area contributed by atoms with Gasteiger partial charge in [-0.1, -0.05) is 125 Å². The highest BCUT2D eigenvalue weighted by Crippen LogP contribution is 2.31. The maximum atomic E-state index is 4.63. The number of rotatable bonds is 4. The van der Waals surface area contributed by atoms with Crippen LogP contribution in [0.4, 0.5) is 0 Å². The molecule has 0 aliphatic heterocycles. The average molecular weight is 446 g/mol. The molecule has 0 saturated carbocycles. The molecule has 0 N–H and O–H groups in total. The number of hydrogen-bond donors (Lipinski definition) is 0. The summed E-state index contributed by atoms with van der Waals surface area (Å²) < 4.78 is 2.14. The molecule has 3 heteroatoms. The molecule has 0 saturated heterocycles. The molecular weight excluding hydrogens is 414 g/mol. The molecule has 0 bridgehead atoms. The van der Waals surface area contributed by atoms with Crippen molar-refractivity contribution in [3.05, 3.63) is 115 Å². The molecule has 0 amide bonds. The number of benzene rings is 4. The topological polar surface area (TPSA) is 30.7 Å². The SMILES string of the molecule is C.CC(C)(C)c1ccc(-c2nnc(-c3ccc(-c4ccccc4)cc3)n2-c2ccccc2)cc1. The van der Waals surface area contributed by atoms with Gasteiger partial charge in [0.05, 0.1) is 0 Å². The molecule has 0 unspecified atom stereocenters. The van der Waals surface area contributed by atoms with Crippen LogP contribution in [0.3, 0.4) is 0 Å². The Kier molecular flexibility index (Phi) is 6.47. The molecule has 0 radical (unpaired) electrons.